The first-order chi connectivity index (χ1) is 11.9. The van der Waals surface area contributed by atoms with E-state index in [-0.39, 0.29) is 17.2 Å². The fraction of sp³-hybridized carbons (Fsp3) is 0.619. The minimum atomic E-state index is -0.122. The van der Waals surface area contributed by atoms with Crippen molar-refractivity contribution >= 4 is 17.5 Å². The Morgan fingerprint density at radius 2 is 2.00 bits per heavy atom. The quantitative estimate of drug-likeness (QED) is 0.833. The van der Waals surface area contributed by atoms with Gasteiger partial charge in [-0.1, -0.05) is 32.0 Å². The van der Waals surface area contributed by atoms with Crippen molar-refractivity contribution in [1.29, 1.82) is 0 Å². The fourth-order valence-corrected chi connectivity index (χ4v) is 4.23. The molecule has 1 aromatic carbocycles. The number of anilines is 1. The van der Waals surface area contributed by atoms with Gasteiger partial charge >= 0.3 is 0 Å². The molecule has 0 N–H and O–H groups in total. The summed E-state index contributed by atoms with van der Waals surface area (Å²) in [4.78, 5) is 29.0. The molecular formula is C21H30N2O2. The number of piperidine rings is 1. The molecule has 2 aliphatic heterocycles. The number of hydrogen-bond donors (Lipinski definition) is 0. The zero-order valence-electron chi connectivity index (χ0n) is 15.8. The summed E-state index contributed by atoms with van der Waals surface area (Å²) in [7, 11) is 0. The fourth-order valence-electron chi connectivity index (χ4n) is 4.23. The van der Waals surface area contributed by atoms with Gasteiger partial charge in [0.05, 0.1) is 0 Å². The minimum Gasteiger partial charge on any atom is -0.340 e. The Morgan fingerprint density at radius 1 is 1.24 bits per heavy atom. The van der Waals surface area contributed by atoms with Gasteiger partial charge < -0.3 is 9.80 Å². The molecule has 0 aromatic heterocycles. The summed E-state index contributed by atoms with van der Waals surface area (Å²) in [6, 6.07) is 8.54. The standard InChI is InChI=1S/C21H30N2O2/c1-16-9-6-7-13-22(16)19(24)12-8-14-23-18-11-5-4-10-17(18)21(2,3)15-20(23)25/h4-5,10-11,16H,6-9,12-15H2,1-3H3/t16-/m1/s1. The molecule has 0 aliphatic carbocycles. The largest absolute Gasteiger partial charge is 0.340 e. The molecule has 0 spiro atoms. The van der Waals surface area contributed by atoms with Gasteiger partial charge in [-0.3, -0.25) is 9.59 Å². The lowest BCUT2D eigenvalue weighted by molar-refractivity contribution is -0.134. The van der Waals surface area contributed by atoms with Crippen LogP contribution < -0.4 is 4.90 Å². The van der Waals surface area contributed by atoms with E-state index >= 15 is 0 Å². The molecule has 2 amide bonds. The monoisotopic (exact) mass is 342 g/mol. The van der Waals surface area contributed by atoms with Gasteiger partial charge in [0.2, 0.25) is 11.8 Å². The van der Waals surface area contributed by atoms with Crippen molar-refractivity contribution in [3.63, 3.8) is 0 Å². The molecule has 1 aromatic rings. The molecule has 2 aliphatic rings. The maximum Gasteiger partial charge on any atom is 0.227 e. The lowest BCUT2D eigenvalue weighted by Crippen LogP contribution is -2.44. The van der Waals surface area contributed by atoms with Gasteiger partial charge in [0.1, 0.15) is 0 Å². The molecular weight excluding hydrogens is 312 g/mol. The average Bonchev–Trinajstić information content (AvgIpc) is 2.57. The summed E-state index contributed by atoms with van der Waals surface area (Å²) in [5.41, 5.74) is 2.12. The highest BCUT2D eigenvalue weighted by Crippen LogP contribution is 2.40. The van der Waals surface area contributed by atoms with Gasteiger partial charge in [0.15, 0.2) is 0 Å². The van der Waals surface area contributed by atoms with E-state index in [4.69, 9.17) is 0 Å². The van der Waals surface area contributed by atoms with Gasteiger partial charge in [0.25, 0.3) is 0 Å². The van der Waals surface area contributed by atoms with Crippen molar-refractivity contribution in [2.24, 2.45) is 0 Å². The van der Waals surface area contributed by atoms with E-state index in [1.54, 1.807) is 0 Å². The molecule has 136 valence electrons. The van der Waals surface area contributed by atoms with Gasteiger partial charge in [-0.2, -0.15) is 0 Å². The molecule has 1 fully saturated rings. The number of amides is 2. The van der Waals surface area contributed by atoms with Crippen LogP contribution in [0, 0.1) is 0 Å². The molecule has 0 radical (unpaired) electrons. The molecule has 3 rings (SSSR count). The Hall–Kier alpha value is -1.84. The third-order valence-electron chi connectivity index (χ3n) is 5.71. The first-order valence-corrected chi connectivity index (χ1v) is 9.59. The molecule has 4 nitrogen and oxygen atoms in total. The number of rotatable bonds is 4. The molecule has 0 bridgehead atoms. The van der Waals surface area contributed by atoms with Crippen molar-refractivity contribution in [2.75, 3.05) is 18.0 Å². The van der Waals surface area contributed by atoms with Crippen LogP contribution in [0.5, 0.6) is 0 Å². The van der Waals surface area contributed by atoms with Crippen LogP contribution in [0.1, 0.15) is 64.9 Å². The first kappa shape index (κ1) is 18.0. The number of benzene rings is 1. The van der Waals surface area contributed by atoms with Crippen molar-refractivity contribution in [1.82, 2.24) is 4.90 Å². The van der Waals surface area contributed by atoms with E-state index in [0.29, 0.717) is 25.4 Å². The highest BCUT2D eigenvalue weighted by Gasteiger charge is 2.36. The van der Waals surface area contributed by atoms with Crippen molar-refractivity contribution in [2.45, 2.75) is 70.8 Å². The first-order valence-electron chi connectivity index (χ1n) is 9.59. The predicted octanol–water partition coefficient (Wildman–Crippen LogP) is 3.88. The zero-order chi connectivity index (χ0) is 18.0. The Morgan fingerprint density at radius 3 is 2.76 bits per heavy atom. The summed E-state index contributed by atoms with van der Waals surface area (Å²) >= 11 is 0. The Kier molecular flexibility index (Phi) is 5.16. The van der Waals surface area contributed by atoms with Crippen LogP contribution in [0.4, 0.5) is 5.69 Å². The molecule has 1 saturated heterocycles. The Labute approximate surface area is 151 Å². The van der Waals surface area contributed by atoms with Crippen molar-refractivity contribution in [3.05, 3.63) is 29.8 Å². The average molecular weight is 342 g/mol. The normalized spacial score (nSPS) is 22.7. The number of para-hydroxylation sites is 1. The summed E-state index contributed by atoms with van der Waals surface area (Å²) < 4.78 is 0. The maximum absolute atomic E-state index is 12.6. The number of carbonyl (C=O) groups is 2. The summed E-state index contributed by atoms with van der Waals surface area (Å²) in [5, 5.41) is 0. The van der Waals surface area contributed by atoms with Gasteiger partial charge in [-0.15, -0.1) is 0 Å². The van der Waals surface area contributed by atoms with Crippen LogP contribution in [-0.2, 0) is 15.0 Å². The van der Waals surface area contributed by atoms with E-state index in [0.717, 1.165) is 31.5 Å². The van der Waals surface area contributed by atoms with E-state index in [2.05, 4.69) is 26.8 Å². The zero-order valence-corrected chi connectivity index (χ0v) is 15.8. The Balaban J connectivity index is 1.63. The van der Waals surface area contributed by atoms with Gasteiger partial charge in [-0.05, 0) is 44.2 Å². The predicted molar refractivity (Wildman–Crippen MR) is 101 cm³/mol. The molecule has 0 saturated carbocycles. The maximum atomic E-state index is 12.6. The lowest BCUT2D eigenvalue weighted by Gasteiger charge is -2.39. The van der Waals surface area contributed by atoms with Crippen molar-refractivity contribution < 1.29 is 9.59 Å². The summed E-state index contributed by atoms with van der Waals surface area (Å²) in [5.74, 6) is 0.410. The van der Waals surface area contributed by atoms with Crippen LogP contribution in [0.3, 0.4) is 0 Å². The number of carbonyl (C=O) groups excluding carboxylic acids is 2. The number of hydrogen-bond acceptors (Lipinski definition) is 2. The van der Waals surface area contributed by atoms with Crippen LogP contribution in [0.2, 0.25) is 0 Å². The molecule has 0 unspecified atom stereocenters. The molecule has 1 atom stereocenters. The van der Waals surface area contributed by atoms with E-state index < -0.39 is 0 Å². The highest BCUT2D eigenvalue weighted by molar-refractivity contribution is 5.97. The van der Waals surface area contributed by atoms with Gasteiger partial charge in [-0.25, -0.2) is 0 Å². The molecule has 2 heterocycles. The van der Waals surface area contributed by atoms with Crippen LogP contribution in [0.15, 0.2) is 24.3 Å². The molecule has 4 heteroatoms. The van der Waals surface area contributed by atoms with Crippen LogP contribution in [-0.4, -0.2) is 35.8 Å². The topological polar surface area (TPSA) is 40.6 Å². The second-order valence-electron chi connectivity index (χ2n) is 8.16. The number of fused-ring (bicyclic) bond motifs is 1. The Bertz CT molecular complexity index is 653. The summed E-state index contributed by atoms with van der Waals surface area (Å²) in [6.45, 7) is 7.91. The third-order valence-corrected chi connectivity index (χ3v) is 5.71. The number of likely N-dealkylation sites (tertiary alicyclic amines) is 1. The van der Waals surface area contributed by atoms with Crippen LogP contribution in [0.25, 0.3) is 0 Å². The SMILES string of the molecule is C[C@@H]1CCCCN1C(=O)CCCN1C(=O)CC(C)(C)c2ccccc21. The van der Waals surface area contributed by atoms with Crippen molar-refractivity contribution in [3.8, 4) is 0 Å². The highest BCUT2D eigenvalue weighted by atomic mass is 16.2. The second-order valence-corrected chi connectivity index (χ2v) is 8.16. The van der Waals surface area contributed by atoms with E-state index in [1.165, 1.54) is 12.0 Å². The van der Waals surface area contributed by atoms with E-state index in [9.17, 15) is 9.59 Å². The lowest BCUT2D eigenvalue weighted by atomic mass is 9.77. The third kappa shape index (κ3) is 3.73. The number of nitrogens with zero attached hydrogens (tertiary/aromatic N) is 2. The second kappa shape index (κ2) is 7.19. The smallest absolute Gasteiger partial charge is 0.227 e. The van der Waals surface area contributed by atoms with E-state index in [1.807, 2.05) is 28.0 Å². The summed E-state index contributed by atoms with van der Waals surface area (Å²) in [6.07, 6.45) is 5.23. The molecule has 25 heavy (non-hydrogen) atoms. The van der Waals surface area contributed by atoms with Gasteiger partial charge in [0, 0.05) is 43.1 Å². The van der Waals surface area contributed by atoms with Crippen LogP contribution >= 0.6 is 0 Å². The minimum absolute atomic E-state index is 0.122.